The van der Waals surface area contributed by atoms with E-state index in [4.69, 9.17) is 0 Å². The number of carbonyl (C=O) groups is 3. The molecule has 2 aliphatic rings. The highest BCUT2D eigenvalue weighted by Crippen LogP contribution is 2.37. The molecular formula is C16H26N2O3. The van der Waals surface area contributed by atoms with Gasteiger partial charge in [0.15, 0.2) is 0 Å². The predicted octanol–water partition coefficient (Wildman–Crippen LogP) is 2.84. The maximum absolute atomic E-state index is 12.9. The second-order valence-electron chi connectivity index (χ2n) is 6.32. The first-order chi connectivity index (χ1) is 10.00. The molecule has 0 aromatic heterocycles. The topological polar surface area (TPSA) is 66.5 Å². The maximum Gasteiger partial charge on any atom is 0.331 e. The number of urea groups is 1. The van der Waals surface area contributed by atoms with Crippen molar-refractivity contribution in [1.82, 2.24) is 10.2 Å². The number of barbiturate groups is 1. The van der Waals surface area contributed by atoms with Crippen LogP contribution in [0.15, 0.2) is 0 Å². The highest BCUT2D eigenvalue weighted by Gasteiger charge is 2.53. The van der Waals surface area contributed by atoms with Gasteiger partial charge in [-0.15, -0.1) is 0 Å². The summed E-state index contributed by atoms with van der Waals surface area (Å²) in [6.07, 6.45) is 5.87. The van der Waals surface area contributed by atoms with Crippen molar-refractivity contribution in [2.75, 3.05) is 0 Å². The first kappa shape index (κ1) is 16.0. The number of nitrogens with zero attached hydrogens (tertiary/aromatic N) is 1. The van der Waals surface area contributed by atoms with Crippen molar-refractivity contribution >= 4 is 17.8 Å². The van der Waals surface area contributed by atoms with Gasteiger partial charge in [0.25, 0.3) is 0 Å². The Kier molecular flexibility index (Phi) is 4.69. The molecule has 2 atom stereocenters. The van der Waals surface area contributed by atoms with Gasteiger partial charge in [0.1, 0.15) is 5.41 Å². The number of hydrogen-bond donors (Lipinski definition) is 1. The molecule has 2 fully saturated rings. The zero-order valence-corrected chi connectivity index (χ0v) is 13.3. The standard InChI is InChI=1S/C16H26N2O3/c1-4-11-8-7-9-12(10-11)18-14(20)16(5-2,6-3)13(19)17-15(18)21/h11-12H,4-10H2,1-3H3,(H,17,19,21). The van der Waals surface area contributed by atoms with E-state index >= 15 is 0 Å². The Bertz CT molecular complexity index is 443. The van der Waals surface area contributed by atoms with Gasteiger partial charge >= 0.3 is 6.03 Å². The van der Waals surface area contributed by atoms with Crippen molar-refractivity contribution in [3.05, 3.63) is 0 Å². The lowest BCUT2D eigenvalue weighted by atomic mass is 9.76. The van der Waals surface area contributed by atoms with Crippen molar-refractivity contribution in [3.8, 4) is 0 Å². The Morgan fingerprint density at radius 3 is 2.38 bits per heavy atom. The summed E-state index contributed by atoms with van der Waals surface area (Å²) in [5.74, 6) is -0.149. The molecule has 118 valence electrons. The number of hydrogen-bond acceptors (Lipinski definition) is 3. The molecule has 0 aromatic carbocycles. The van der Waals surface area contributed by atoms with Crippen molar-refractivity contribution in [2.24, 2.45) is 11.3 Å². The third-order valence-electron chi connectivity index (χ3n) is 5.41. The minimum Gasteiger partial charge on any atom is -0.277 e. The van der Waals surface area contributed by atoms with E-state index in [0.717, 1.165) is 25.7 Å². The van der Waals surface area contributed by atoms with Crippen LogP contribution in [0.4, 0.5) is 4.79 Å². The lowest BCUT2D eigenvalue weighted by Crippen LogP contribution is -2.66. The van der Waals surface area contributed by atoms with Crippen LogP contribution in [0.5, 0.6) is 0 Å². The van der Waals surface area contributed by atoms with E-state index in [1.807, 2.05) is 13.8 Å². The second kappa shape index (κ2) is 6.16. The van der Waals surface area contributed by atoms with Crippen molar-refractivity contribution in [1.29, 1.82) is 0 Å². The number of rotatable bonds is 4. The summed E-state index contributed by atoms with van der Waals surface area (Å²) in [6.45, 7) is 5.83. The lowest BCUT2D eigenvalue weighted by molar-refractivity contribution is -0.154. The van der Waals surface area contributed by atoms with Crippen molar-refractivity contribution in [2.45, 2.75) is 71.8 Å². The van der Waals surface area contributed by atoms with Crippen LogP contribution in [0.2, 0.25) is 0 Å². The molecule has 1 saturated heterocycles. The first-order valence-corrected chi connectivity index (χ1v) is 8.19. The number of amides is 4. The Morgan fingerprint density at radius 1 is 1.14 bits per heavy atom. The van der Waals surface area contributed by atoms with Crippen LogP contribution in [0, 0.1) is 11.3 Å². The van der Waals surface area contributed by atoms with Crippen LogP contribution in [-0.4, -0.2) is 28.8 Å². The van der Waals surface area contributed by atoms with Gasteiger partial charge in [-0.3, -0.25) is 19.8 Å². The quantitative estimate of drug-likeness (QED) is 0.811. The third-order valence-corrected chi connectivity index (χ3v) is 5.41. The van der Waals surface area contributed by atoms with Gasteiger partial charge in [-0.2, -0.15) is 0 Å². The van der Waals surface area contributed by atoms with Crippen LogP contribution >= 0.6 is 0 Å². The molecule has 0 radical (unpaired) electrons. The lowest BCUT2D eigenvalue weighted by Gasteiger charge is -2.43. The fourth-order valence-electron chi connectivity index (χ4n) is 3.77. The molecule has 2 rings (SSSR count). The largest absolute Gasteiger partial charge is 0.331 e. The highest BCUT2D eigenvalue weighted by atomic mass is 16.2. The molecule has 5 nitrogen and oxygen atoms in total. The summed E-state index contributed by atoms with van der Waals surface area (Å²) < 4.78 is 0. The first-order valence-electron chi connectivity index (χ1n) is 8.19. The van der Waals surface area contributed by atoms with Crippen LogP contribution in [0.3, 0.4) is 0 Å². The normalized spacial score (nSPS) is 29.5. The van der Waals surface area contributed by atoms with Crippen LogP contribution < -0.4 is 5.32 Å². The molecular weight excluding hydrogens is 268 g/mol. The summed E-state index contributed by atoms with van der Waals surface area (Å²) in [6, 6.07) is -0.578. The van der Waals surface area contributed by atoms with Crippen LogP contribution in [0.1, 0.15) is 65.7 Å². The second-order valence-corrected chi connectivity index (χ2v) is 6.32. The summed E-state index contributed by atoms with van der Waals surface area (Å²) in [5, 5.41) is 2.41. The van der Waals surface area contributed by atoms with Crippen LogP contribution in [0.25, 0.3) is 0 Å². The monoisotopic (exact) mass is 294 g/mol. The fraction of sp³-hybridized carbons (Fsp3) is 0.812. The SMILES string of the molecule is CCC1CCCC(N2C(=O)NC(=O)C(CC)(CC)C2=O)C1. The fourth-order valence-corrected chi connectivity index (χ4v) is 3.77. The van der Waals surface area contributed by atoms with E-state index in [1.165, 1.54) is 11.3 Å². The van der Waals surface area contributed by atoms with E-state index < -0.39 is 17.4 Å². The summed E-state index contributed by atoms with van der Waals surface area (Å²) in [7, 11) is 0. The molecule has 4 amide bonds. The average Bonchev–Trinajstić information content (AvgIpc) is 2.48. The molecule has 1 aliphatic heterocycles. The Labute approximate surface area is 126 Å². The van der Waals surface area contributed by atoms with Gasteiger partial charge < -0.3 is 0 Å². The highest BCUT2D eigenvalue weighted by molar-refractivity contribution is 6.19. The Hall–Kier alpha value is -1.39. The number of carbonyl (C=O) groups excluding carboxylic acids is 3. The molecule has 1 N–H and O–H groups in total. The third kappa shape index (κ3) is 2.58. The minimum atomic E-state index is -1.06. The minimum absolute atomic E-state index is 0.0539. The molecule has 2 unspecified atom stereocenters. The van der Waals surface area contributed by atoms with E-state index in [9.17, 15) is 14.4 Å². The van der Waals surface area contributed by atoms with E-state index in [0.29, 0.717) is 18.8 Å². The molecule has 21 heavy (non-hydrogen) atoms. The van der Waals surface area contributed by atoms with Gasteiger partial charge in [0.2, 0.25) is 11.8 Å². The molecule has 1 aliphatic carbocycles. The molecule has 1 heterocycles. The van der Waals surface area contributed by atoms with Gasteiger partial charge in [-0.25, -0.2) is 4.79 Å². The van der Waals surface area contributed by atoms with Crippen molar-refractivity contribution < 1.29 is 14.4 Å². The van der Waals surface area contributed by atoms with Crippen LogP contribution in [-0.2, 0) is 9.59 Å². The zero-order chi connectivity index (χ0) is 15.6. The molecule has 1 saturated carbocycles. The summed E-state index contributed by atoms with van der Waals surface area (Å²) in [4.78, 5) is 38.6. The predicted molar refractivity (Wildman–Crippen MR) is 79.4 cm³/mol. The smallest absolute Gasteiger partial charge is 0.277 e. The van der Waals surface area contributed by atoms with Gasteiger partial charge in [-0.1, -0.05) is 40.0 Å². The van der Waals surface area contributed by atoms with Gasteiger partial charge in [0.05, 0.1) is 0 Å². The van der Waals surface area contributed by atoms with Crippen molar-refractivity contribution in [3.63, 3.8) is 0 Å². The summed E-state index contributed by atoms with van der Waals surface area (Å²) >= 11 is 0. The number of nitrogens with one attached hydrogen (secondary N) is 1. The van der Waals surface area contributed by atoms with E-state index in [2.05, 4.69) is 12.2 Å². The molecule has 5 heteroatoms. The van der Waals surface area contributed by atoms with E-state index in [-0.39, 0.29) is 11.9 Å². The average molecular weight is 294 g/mol. The summed E-state index contributed by atoms with van der Waals surface area (Å²) in [5.41, 5.74) is -1.06. The zero-order valence-electron chi connectivity index (χ0n) is 13.3. The Morgan fingerprint density at radius 2 is 1.81 bits per heavy atom. The molecule has 0 aromatic rings. The Balaban J connectivity index is 2.27. The number of imide groups is 2. The van der Waals surface area contributed by atoms with Gasteiger partial charge in [0, 0.05) is 6.04 Å². The molecule has 0 bridgehead atoms. The molecule has 0 spiro atoms. The van der Waals surface area contributed by atoms with Gasteiger partial charge in [-0.05, 0) is 31.6 Å². The van der Waals surface area contributed by atoms with E-state index in [1.54, 1.807) is 0 Å². The maximum atomic E-state index is 12.9.